The first-order chi connectivity index (χ1) is 14.9. The van der Waals surface area contributed by atoms with Gasteiger partial charge >= 0.3 is 0 Å². The zero-order valence-electron chi connectivity index (χ0n) is 17.7. The molecule has 0 saturated heterocycles. The third kappa shape index (κ3) is 7.42. The van der Waals surface area contributed by atoms with Gasteiger partial charge in [0.05, 0.1) is 0 Å². The number of rotatable bonds is 8. The summed E-state index contributed by atoms with van der Waals surface area (Å²) in [6.07, 6.45) is 11.3. The molecule has 0 atom stereocenters. The summed E-state index contributed by atoms with van der Waals surface area (Å²) in [4.78, 5) is 8.99. The summed E-state index contributed by atoms with van der Waals surface area (Å²) in [7, 11) is 0. The molecule has 1 aliphatic rings. The Hall–Kier alpha value is -2.28. The molecule has 6 nitrogen and oxygen atoms in total. The Labute approximate surface area is 193 Å². The molecule has 1 aliphatic carbocycles. The van der Waals surface area contributed by atoms with Gasteiger partial charge in [0.2, 0.25) is 0 Å². The molecule has 0 radical (unpaired) electrons. The molecule has 1 aromatic heterocycles. The average molecular weight is 462 g/mol. The molecule has 31 heavy (non-hydrogen) atoms. The SMILES string of the molecule is C=C/C=C(\N=C(/C)OCc1nccn1Cc1cc(Cl)cc(Cl)c1)NC1CCC(N)CC1. The van der Waals surface area contributed by atoms with Gasteiger partial charge in [-0.15, -0.1) is 0 Å². The van der Waals surface area contributed by atoms with E-state index >= 15 is 0 Å². The summed E-state index contributed by atoms with van der Waals surface area (Å²) in [5.74, 6) is 2.08. The van der Waals surface area contributed by atoms with Crippen LogP contribution in [-0.2, 0) is 17.9 Å². The van der Waals surface area contributed by atoms with Crippen molar-refractivity contribution in [1.82, 2.24) is 14.9 Å². The van der Waals surface area contributed by atoms with Gasteiger partial charge in [-0.25, -0.2) is 9.98 Å². The number of hydrogen-bond donors (Lipinski definition) is 2. The van der Waals surface area contributed by atoms with Crippen LogP contribution in [0.25, 0.3) is 0 Å². The molecule has 1 aromatic carbocycles. The Balaban J connectivity index is 1.59. The lowest BCUT2D eigenvalue weighted by Crippen LogP contribution is -2.36. The van der Waals surface area contributed by atoms with Gasteiger partial charge in [-0.3, -0.25) is 0 Å². The van der Waals surface area contributed by atoms with Crippen molar-refractivity contribution in [1.29, 1.82) is 0 Å². The second-order valence-corrected chi connectivity index (χ2v) is 8.59. The van der Waals surface area contributed by atoms with Gasteiger partial charge in [0.25, 0.3) is 0 Å². The Morgan fingerprint density at radius 1 is 1.29 bits per heavy atom. The van der Waals surface area contributed by atoms with E-state index in [9.17, 15) is 0 Å². The average Bonchev–Trinajstić information content (AvgIpc) is 3.14. The first kappa shape index (κ1) is 23.4. The van der Waals surface area contributed by atoms with Crippen LogP contribution in [-0.4, -0.2) is 27.5 Å². The highest BCUT2D eigenvalue weighted by atomic mass is 35.5. The number of aliphatic imine (C=N–C) groups is 1. The van der Waals surface area contributed by atoms with Crippen LogP contribution in [0.15, 0.2) is 60.1 Å². The molecule has 3 N–H and O–H groups in total. The fraction of sp³-hybridized carbons (Fsp3) is 0.391. The van der Waals surface area contributed by atoms with E-state index in [1.165, 1.54) is 0 Å². The van der Waals surface area contributed by atoms with Crippen LogP contribution in [0.3, 0.4) is 0 Å². The molecule has 0 unspecified atom stereocenters. The van der Waals surface area contributed by atoms with Gasteiger partial charge in [-0.05, 0) is 55.5 Å². The van der Waals surface area contributed by atoms with Gasteiger partial charge in [-0.2, -0.15) is 0 Å². The standard InChI is InChI=1S/C23H29Cl2N5O/c1-3-4-22(29-21-7-5-20(26)6-8-21)28-16(2)31-15-23-27-9-10-30(23)14-17-11-18(24)13-19(25)12-17/h3-4,9-13,20-21,29H,1,5-8,14-15,26H2,2H3/b22-4+,28-16+. The normalized spacial score (nSPS) is 19.9. The molecule has 166 valence electrons. The van der Waals surface area contributed by atoms with Gasteiger partial charge in [0.15, 0.2) is 5.90 Å². The third-order valence-electron chi connectivity index (χ3n) is 5.16. The van der Waals surface area contributed by atoms with E-state index in [2.05, 4.69) is 21.9 Å². The van der Waals surface area contributed by atoms with Crippen LogP contribution in [0.1, 0.15) is 44.0 Å². The number of nitrogens with zero attached hydrogens (tertiary/aromatic N) is 3. The Kier molecular flexibility index (Phi) is 8.58. The number of halogens is 2. The number of nitrogens with two attached hydrogens (primary N) is 1. The lowest BCUT2D eigenvalue weighted by molar-refractivity contribution is 0.273. The maximum absolute atomic E-state index is 6.11. The zero-order valence-corrected chi connectivity index (χ0v) is 19.2. The van der Waals surface area contributed by atoms with Crippen LogP contribution in [0, 0.1) is 0 Å². The van der Waals surface area contributed by atoms with Gasteiger partial charge in [0, 0.05) is 48.0 Å². The van der Waals surface area contributed by atoms with E-state index in [1.54, 1.807) is 18.3 Å². The van der Waals surface area contributed by atoms with Crippen molar-refractivity contribution in [3.63, 3.8) is 0 Å². The Morgan fingerprint density at radius 3 is 2.68 bits per heavy atom. The van der Waals surface area contributed by atoms with E-state index in [0.29, 0.717) is 41.2 Å². The number of ether oxygens (including phenoxy) is 1. The second kappa shape index (κ2) is 11.4. The number of benzene rings is 1. The van der Waals surface area contributed by atoms with E-state index < -0.39 is 0 Å². The number of hydrogen-bond acceptors (Lipinski definition) is 5. The number of aromatic nitrogens is 2. The second-order valence-electron chi connectivity index (χ2n) is 7.71. The molecule has 2 aromatic rings. The number of imidazole rings is 1. The lowest BCUT2D eigenvalue weighted by atomic mass is 9.92. The predicted molar refractivity (Wildman–Crippen MR) is 127 cm³/mol. The van der Waals surface area contributed by atoms with Crippen LogP contribution >= 0.6 is 23.2 Å². The minimum absolute atomic E-state index is 0.302. The van der Waals surface area contributed by atoms with Crippen LogP contribution in [0.5, 0.6) is 0 Å². The number of nitrogens with one attached hydrogen (secondary N) is 1. The topological polar surface area (TPSA) is 77.5 Å². The van der Waals surface area contributed by atoms with E-state index in [-0.39, 0.29) is 0 Å². The van der Waals surface area contributed by atoms with Crippen LogP contribution in [0.2, 0.25) is 10.0 Å². The first-order valence-electron chi connectivity index (χ1n) is 10.4. The quantitative estimate of drug-likeness (QED) is 0.327. The monoisotopic (exact) mass is 461 g/mol. The Bertz CT molecular complexity index is 925. The molecular formula is C23H29Cl2N5O. The molecule has 0 aliphatic heterocycles. The van der Waals surface area contributed by atoms with Crippen LogP contribution < -0.4 is 11.1 Å². The van der Waals surface area contributed by atoms with Gasteiger partial charge < -0.3 is 20.4 Å². The maximum Gasteiger partial charge on any atom is 0.187 e. The Morgan fingerprint density at radius 2 is 2.00 bits per heavy atom. The minimum Gasteiger partial charge on any atom is -0.473 e. The van der Waals surface area contributed by atoms with Gasteiger partial charge in [-0.1, -0.05) is 35.9 Å². The van der Waals surface area contributed by atoms with Crippen molar-refractivity contribution < 1.29 is 4.74 Å². The highest BCUT2D eigenvalue weighted by molar-refractivity contribution is 6.34. The van der Waals surface area contributed by atoms with Crippen molar-refractivity contribution in [2.24, 2.45) is 10.7 Å². The fourth-order valence-corrected chi connectivity index (χ4v) is 4.17. The molecular weight excluding hydrogens is 433 g/mol. The first-order valence-corrected chi connectivity index (χ1v) is 11.2. The molecule has 0 bridgehead atoms. The predicted octanol–water partition coefficient (Wildman–Crippen LogP) is 5.06. The van der Waals surface area contributed by atoms with E-state index in [4.69, 9.17) is 33.7 Å². The molecule has 0 amide bonds. The van der Waals surface area contributed by atoms with Crippen molar-refractivity contribution in [3.05, 3.63) is 76.6 Å². The maximum atomic E-state index is 6.11. The third-order valence-corrected chi connectivity index (χ3v) is 5.60. The smallest absolute Gasteiger partial charge is 0.187 e. The largest absolute Gasteiger partial charge is 0.473 e. The summed E-state index contributed by atoms with van der Waals surface area (Å²) in [6.45, 7) is 6.52. The van der Waals surface area contributed by atoms with Crippen LogP contribution in [0.4, 0.5) is 0 Å². The van der Waals surface area contributed by atoms with E-state index in [1.807, 2.05) is 35.9 Å². The summed E-state index contributed by atoms with van der Waals surface area (Å²) in [5.41, 5.74) is 7.00. The minimum atomic E-state index is 0.302. The van der Waals surface area contributed by atoms with E-state index in [0.717, 1.165) is 42.9 Å². The molecule has 8 heteroatoms. The molecule has 1 heterocycles. The molecule has 1 saturated carbocycles. The molecule has 3 rings (SSSR count). The highest BCUT2D eigenvalue weighted by Crippen LogP contribution is 2.20. The summed E-state index contributed by atoms with van der Waals surface area (Å²) in [6, 6.07) is 6.17. The number of allylic oxidation sites excluding steroid dienone is 2. The summed E-state index contributed by atoms with van der Waals surface area (Å²) < 4.78 is 7.87. The highest BCUT2D eigenvalue weighted by Gasteiger charge is 2.18. The van der Waals surface area contributed by atoms with Crippen molar-refractivity contribution in [2.45, 2.75) is 57.8 Å². The zero-order chi connectivity index (χ0) is 22.2. The van der Waals surface area contributed by atoms with Crippen molar-refractivity contribution >= 4 is 29.1 Å². The lowest BCUT2D eigenvalue weighted by Gasteiger charge is -2.27. The summed E-state index contributed by atoms with van der Waals surface area (Å²) >= 11 is 12.2. The summed E-state index contributed by atoms with van der Waals surface area (Å²) in [5, 5.41) is 4.69. The van der Waals surface area contributed by atoms with Gasteiger partial charge in [0.1, 0.15) is 18.3 Å². The molecule has 1 fully saturated rings. The van der Waals surface area contributed by atoms with Crippen molar-refractivity contribution in [3.8, 4) is 0 Å². The van der Waals surface area contributed by atoms with Crippen molar-refractivity contribution in [2.75, 3.05) is 0 Å². The fourth-order valence-electron chi connectivity index (χ4n) is 3.60. The molecule has 0 spiro atoms.